The second-order valence-corrected chi connectivity index (χ2v) is 7.05. The van der Waals surface area contributed by atoms with Gasteiger partial charge >= 0.3 is 11.8 Å². The third-order valence-electron chi connectivity index (χ3n) is 4.19. The summed E-state index contributed by atoms with van der Waals surface area (Å²) in [5.74, 6) is -1.14. The van der Waals surface area contributed by atoms with E-state index in [0.29, 0.717) is 18.8 Å². The SMILES string of the molecule is Cc1ccc(NC(=O)C(=O)N(Cc2ccsc2)C[C@H]2CCCO2)cc1. The van der Waals surface area contributed by atoms with E-state index in [4.69, 9.17) is 4.74 Å². The zero-order chi connectivity index (χ0) is 17.6. The molecule has 1 aromatic carbocycles. The van der Waals surface area contributed by atoms with Gasteiger partial charge in [-0.1, -0.05) is 17.7 Å². The fourth-order valence-electron chi connectivity index (χ4n) is 2.82. The van der Waals surface area contributed by atoms with Crippen LogP contribution in [0.4, 0.5) is 5.69 Å². The van der Waals surface area contributed by atoms with Crippen LogP contribution in [0.25, 0.3) is 0 Å². The molecule has 5 nitrogen and oxygen atoms in total. The molecule has 2 aromatic rings. The molecule has 1 aliphatic rings. The second kappa shape index (κ2) is 8.27. The van der Waals surface area contributed by atoms with E-state index in [1.165, 1.54) is 0 Å². The standard InChI is InChI=1S/C19H22N2O3S/c1-14-4-6-16(7-5-14)20-18(22)19(23)21(11-15-8-10-25-13-15)12-17-3-2-9-24-17/h4-8,10,13,17H,2-3,9,11-12H2,1H3,(H,20,22)/t17-/m1/s1. The predicted octanol–water partition coefficient (Wildman–Crippen LogP) is 3.20. The highest BCUT2D eigenvalue weighted by Gasteiger charge is 2.27. The summed E-state index contributed by atoms with van der Waals surface area (Å²) in [4.78, 5) is 26.7. The molecule has 0 unspecified atom stereocenters. The van der Waals surface area contributed by atoms with Gasteiger partial charge in [-0.3, -0.25) is 9.59 Å². The van der Waals surface area contributed by atoms with E-state index in [-0.39, 0.29) is 6.10 Å². The number of amides is 2. The Bertz CT molecular complexity index is 707. The maximum atomic E-state index is 12.7. The molecule has 0 bridgehead atoms. The largest absolute Gasteiger partial charge is 0.376 e. The number of anilines is 1. The average molecular weight is 358 g/mol. The molecular weight excluding hydrogens is 336 g/mol. The highest BCUT2D eigenvalue weighted by atomic mass is 32.1. The molecular formula is C19H22N2O3S. The number of nitrogens with one attached hydrogen (secondary N) is 1. The number of carbonyl (C=O) groups is 2. The van der Waals surface area contributed by atoms with E-state index in [9.17, 15) is 9.59 Å². The maximum absolute atomic E-state index is 12.7. The summed E-state index contributed by atoms with van der Waals surface area (Å²) in [6, 6.07) is 9.36. The molecule has 132 valence electrons. The minimum Gasteiger partial charge on any atom is -0.376 e. The first kappa shape index (κ1) is 17.6. The third-order valence-corrected chi connectivity index (χ3v) is 4.92. The lowest BCUT2D eigenvalue weighted by Gasteiger charge is -2.24. The minimum absolute atomic E-state index is 0.00904. The van der Waals surface area contributed by atoms with Crippen molar-refractivity contribution in [3.63, 3.8) is 0 Å². The van der Waals surface area contributed by atoms with Crippen molar-refractivity contribution < 1.29 is 14.3 Å². The first-order chi connectivity index (χ1) is 12.1. The van der Waals surface area contributed by atoms with E-state index in [1.807, 2.05) is 35.9 Å². The molecule has 0 spiro atoms. The van der Waals surface area contributed by atoms with Gasteiger partial charge in [0.25, 0.3) is 0 Å². The molecule has 1 aliphatic heterocycles. The van der Waals surface area contributed by atoms with Gasteiger partial charge in [0.1, 0.15) is 0 Å². The van der Waals surface area contributed by atoms with Crippen molar-refractivity contribution >= 4 is 28.8 Å². The lowest BCUT2D eigenvalue weighted by Crippen LogP contribution is -2.43. The van der Waals surface area contributed by atoms with Gasteiger partial charge in [0.15, 0.2) is 0 Å². The monoisotopic (exact) mass is 358 g/mol. The highest BCUT2D eigenvalue weighted by molar-refractivity contribution is 7.07. The van der Waals surface area contributed by atoms with Crippen molar-refractivity contribution in [2.24, 2.45) is 0 Å². The van der Waals surface area contributed by atoms with E-state index in [1.54, 1.807) is 28.4 Å². The van der Waals surface area contributed by atoms with Crippen LogP contribution in [0.1, 0.15) is 24.0 Å². The lowest BCUT2D eigenvalue weighted by atomic mass is 10.2. The molecule has 1 fully saturated rings. The molecule has 1 atom stereocenters. The van der Waals surface area contributed by atoms with Crippen LogP contribution in [-0.4, -0.2) is 36.0 Å². The maximum Gasteiger partial charge on any atom is 0.313 e. The van der Waals surface area contributed by atoms with Crippen molar-refractivity contribution in [3.05, 3.63) is 52.2 Å². The molecule has 0 radical (unpaired) electrons. The number of benzene rings is 1. The Hall–Kier alpha value is -2.18. The lowest BCUT2D eigenvalue weighted by molar-refractivity contribution is -0.144. The normalized spacial score (nSPS) is 16.6. The number of nitrogens with zero attached hydrogens (tertiary/aromatic N) is 1. The second-order valence-electron chi connectivity index (χ2n) is 6.27. The number of ether oxygens (including phenoxy) is 1. The van der Waals surface area contributed by atoms with Crippen LogP contribution in [0.5, 0.6) is 0 Å². The van der Waals surface area contributed by atoms with Crippen LogP contribution < -0.4 is 5.32 Å². The summed E-state index contributed by atoms with van der Waals surface area (Å²) in [5, 5.41) is 6.65. The number of hydrogen-bond acceptors (Lipinski definition) is 4. The molecule has 1 N–H and O–H groups in total. The summed E-state index contributed by atoms with van der Waals surface area (Å²) in [7, 11) is 0. The van der Waals surface area contributed by atoms with Gasteiger partial charge in [-0.25, -0.2) is 0 Å². The summed E-state index contributed by atoms with van der Waals surface area (Å²) < 4.78 is 5.64. The summed E-state index contributed by atoms with van der Waals surface area (Å²) in [5.41, 5.74) is 2.75. The predicted molar refractivity (Wildman–Crippen MR) is 98.5 cm³/mol. The molecule has 0 aliphatic carbocycles. The fourth-order valence-corrected chi connectivity index (χ4v) is 3.48. The van der Waals surface area contributed by atoms with Crippen molar-refractivity contribution in [2.45, 2.75) is 32.4 Å². The van der Waals surface area contributed by atoms with Gasteiger partial charge in [0, 0.05) is 25.4 Å². The van der Waals surface area contributed by atoms with Gasteiger partial charge in [0.2, 0.25) is 0 Å². The van der Waals surface area contributed by atoms with Crippen LogP contribution in [-0.2, 0) is 20.9 Å². The molecule has 0 saturated carbocycles. The molecule has 2 heterocycles. The summed E-state index contributed by atoms with van der Waals surface area (Å²) in [6.45, 7) is 3.56. The molecule has 2 amide bonds. The Morgan fingerprint density at radius 2 is 2.08 bits per heavy atom. The Labute approximate surface area is 151 Å². The number of aryl methyl sites for hydroxylation is 1. The van der Waals surface area contributed by atoms with Crippen LogP contribution in [0, 0.1) is 6.92 Å². The summed E-state index contributed by atoms with van der Waals surface area (Å²) in [6.07, 6.45) is 1.93. The van der Waals surface area contributed by atoms with Crippen molar-refractivity contribution in [1.29, 1.82) is 0 Å². The number of carbonyl (C=O) groups excluding carboxylic acids is 2. The zero-order valence-corrected chi connectivity index (χ0v) is 15.1. The number of thiophene rings is 1. The van der Waals surface area contributed by atoms with Gasteiger partial charge in [-0.05, 0) is 54.3 Å². The first-order valence-electron chi connectivity index (χ1n) is 8.41. The Morgan fingerprint density at radius 3 is 2.72 bits per heavy atom. The van der Waals surface area contributed by atoms with Gasteiger partial charge in [-0.15, -0.1) is 0 Å². The van der Waals surface area contributed by atoms with Gasteiger partial charge in [-0.2, -0.15) is 11.3 Å². The Morgan fingerprint density at radius 1 is 1.28 bits per heavy atom. The van der Waals surface area contributed by atoms with E-state index >= 15 is 0 Å². The van der Waals surface area contributed by atoms with E-state index in [2.05, 4.69) is 5.32 Å². The first-order valence-corrected chi connectivity index (χ1v) is 9.36. The highest BCUT2D eigenvalue weighted by Crippen LogP contribution is 2.17. The van der Waals surface area contributed by atoms with E-state index in [0.717, 1.165) is 30.6 Å². The third kappa shape index (κ3) is 4.90. The molecule has 3 rings (SSSR count). The minimum atomic E-state index is -0.614. The van der Waals surface area contributed by atoms with Gasteiger partial charge in [0.05, 0.1) is 6.10 Å². The number of rotatable bonds is 5. The van der Waals surface area contributed by atoms with E-state index < -0.39 is 11.8 Å². The Kier molecular flexibility index (Phi) is 5.83. The van der Waals surface area contributed by atoms with Crippen LogP contribution in [0.3, 0.4) is 0 Å². The van der Waals surface area contributed by atoms with Crippen LogP contribution in [0.2, 0.25) is 0 Å². The van der Waals surface area contributed by atoms with Gasteiger partial charge < -0.3 is 15.0 Å². The summed E-state index contributed by atoms with van der Waals surface area (Å²) >= 11 is 1.58. The molecule has 25 heavy (non-hydrogen) atoms. The van der Waals surface area contributed by atoms with Crippen molar-refractivity contribution in [2.75, 3.05) is 18.5 Å². The van der Waals surface area contributed by atoms with Crippen molar-refractivity contribution in [1.82, 2.24) is 4.90 Å². The molecule has 1 saturated heterocycles. The quantitative estimate of drug-likeness (QED) is 0.835. The fraction of sp³-hybridized carbons (Fsp3) is 0.368. The molecule has 1 aromatic heterocycles. The van der Waals surface area contributed by atoms with Crippen molar-refractivity contribution in [3.8, 4) is 0 Å². The molecule has 6 heteroatoms. The Balaban J connectivity index is 1.67. The number of hydrogen-bond donors (Lipinski definition) is 1. The van der Waals surface area contributed by atoms with Crippen LogP contribution in [0.15, 0.2) is 41.1 Å². The average Bonchev–Trinajstić information content (AvgIpc) is 3.29. The zero-order valence-electron chi connectivity index (χ0n) is 14.2. The smallest absolute Gasteiger partial charge is 0.313 e. The van der Waals surface area contributed by atoms with Crippen LogP contribution >= 0.6 is 11.3 Å². The topological polar surface area (TPSA) is 58.6 Å².